The summed E-state index contributed by atoms with van der Waals surface area (Å²) in [5.41, 5.74) is -0.417. The van der Waals surface area contributed by atoms with Crippen LogP contribution in [0.15, 0.2) is 12.1 Å². The first-order valence-corrected chi connectivity index (χ1v) is 7.09. The first-order valence-electron chi connectivity index (χ1n) is 6.71. The summed E-state index contributed by atoms with van der Waals surface area (Å²) in [6.07, 6.45) is 1.71. The Morgan fingerprint density at radius 1 is 1.55 bits per heavy atom. The van der Waals surface area contributed by atoms with E-state index < -0.39 is 5.60 Å². The van der Waals surface area contributed by atoms with Gasteiger partial charge in [-0.25, -0.2) is 4.98 Å². The van der Waals surface area contributed by atoms with Gasteiger partial charge in [0.1, 0.15) is 11.0 Å². The highest BCUT2D eigenvalue weighted by Crippen LogP contribution is 2.29. The Balaban J connectivity index is 2.29. The van der Waals surface area contributed by atoms with Crippen LogP contribution in [0.5, 0.6) is 0 Å². The van der Waals surface area contributed by atoms with Gasteiger partial charge in [0.2, 0.25) is 0 Å². The normalized spacial score (nSPS) is 19.2. The molecule has 20 heavy (non-hydrogen) atoms. The van der Waals surface area contributed by atoms with Crippen molar-refractivity contribution in [2.75, 3.05) is 18.9 Å². The zero-order valence-corrected chi connectivity index (χ0v) is 12.7. The molecule has 2 rings (SSSR count). The number of rotatable bonds is 3. The predicted molar refractivity (Wildman–Crippen MR) is 79.2 cm³/mol. The molecule has 6 heteroatoms. The van der Waals surface area contributed by atoms with Crippen LogP contribution in [0.25, 0.3) is 0 Å². The second-order valence-corrected chi connectivity index (χ2v) is 6.01. The Morgan fingerprint density at radius 2 is 2.25 bits per heavy atom. The number of halogens is 1. The third-order valence-corrected chi connectivity index (χ3v) is 3.82. The molecule has 0 bridgehead atoms. The van der Waals surface area contributed by atoms with Crippen molar-refractivity contribution < 1.29 is 9.90 Å². The second kappa shape index (κ2) is 5.58. The van der Waals surface area contributed by atoms with Crippen molar-refractivity contribution in [2.45, 2.75) is 38.3 Å². The van der Waals surface area contributed by atoms with E-state index in [-0.39, 0.29) is 17.1 Å². The molecule has 1 aromatic rings. The molecule has 0 aromatic carbocycles. The van der Waals surface area contributed by atoms with Gasteiger partial charge >= 0.3 is 0 Å². The first-order chi connectivity index (χ1) is 9.32. The molecule has 1 atom stereocenters. The number of carbonyl (C=O) groups is 1. The molecule has 1 aliphatic rings. The van der Waals surface area contributed by atoms with Gasteiger partial charge in [-0.05, 0) is 38.8 Å². The minimum absolute atomic E-state index is 0.115. The lowest BCUT2D eigenvalue weighted by Crippen LogP contribution is -2.48. The molecule has 0 spiro atoms. The molecule has 1 saturated heterocycles. The number of likely N-dealkylation sites (tertiary alicyclic amines) is 1. The van der Waals surface area contributed by atoms with E-state index in [0.717, 1.165) is 12.8 Å². The maximum atomic E-state index is 12.6. The lowest BCUT2D eigenvalue weighted by atomic mass is 9.96. The van der Waals surface area contributed by atoms with Crippen molar-refractivity contribution in [3.8, 4) is 0 Å². The summed E-state index contributed by atoms with van der Waals surface area (Å²) in [6, 6.07) is 3.07. The van der Waals surface area contributed by atoms with E-state index in [0.29, 0.717) is 17.9 Å². The van der Waals surface area contributed by atoms with Gasteiger partial charge in [0.25, 0.3) is 5.91 Å². The fourth-order valence-corrected chi connectivity index (χ4v) is 2.87. The topological polar surface area (TPSA) is 65.5 Å². The fourth-order valence-electron chi connectivity index (χ4n) is 2.66. The van der Waals surface area contributed by atoms with Crippen molar-refractivity contribution in [3.05, 3.63) is 22.8 Å². The van der Waals surface area contributed by atoms with Crippen LogP contribution in [0, 0.1) is 0 Å². The van der Waals surface area contributed by atoms with Crippen LogP contribution in [0.1, 0.15) is 37.0 Å². The Bertz CT molecular complexity index is 514. The molecule has 1 aromatic heterocycles. The van der Waals surface area contributed by atoms with Gasteiger partial charge < -0.3 is 15.3 Å². The largest absolute Gasteiger partial charge is 0.388 e. The van der Waals surface area contributed by atoms with Crippen molar-refractivity contribution in [1.29, 1.82) is 0 Å². The molecule has 2 N–H and O–H groups in total. The van der Waals surface area contributed by atoms with Gasteiger partial charge in [0.05, 0.1) is 11.6 Å². The highest BCUT2D eigenvalue weighted by Gasteiger charge is 2.38. The molecule has 1 amide bonds. The maximum Gasteiger partial charge on any atom is 0.254 e. The van der Waals surface area contributed by atoms with Crippen LogP contribution in [-0.4, -0.2) is 46.1 Å². The van der Waals surface area contributed by atoms with Crippen LogP contribution in [-0.2, 0) is 0 Å². The number of nitrogens with one attached hydrogen (secondary N) is 1. The van der Waals surface area contributed by atoms with E-state index in [4.69, 9.17) is 11.6 Å². The molecular weight excluding hydrogens is 278 g/mol. The first kappa shape index (κ1) is 15.1. The average Bonchev–Trinajstić information content (AvgIpc) is 2.86. The summed E-state index contributed by atoms with van der Waals surface area (Å²) in [5.74, 6) is 0.440. The van der Waals surface area contributed by atoms with E-state index in [9.17, 15) is 9.90 Å². The lowest BCUT2D eigenvalue weighted by Gasteiger charge is -2.33. The molecule has 1 unspecified atom stereocenters. The van der Waals surface area contributed by atoms with Crippen molar-refractivity contribution in [2.24, 2.45) is 0 Å². The number of aliphatic hydroxyl groups is 1. The van der Waals surface area contributed by atoms with Gasteiger partial charge in [-0.3, -0.25) is 4.79 Å². The average molecular weight is 298 g/mol. The van der Waals surface area contributed by atoms with Gasteiger partial charge in [-0.15, -0.1) is 0 Å². The minimum atomic E-state index is -0.908. The summed E-state index contributed by atoms with van der Waals surface area (Å²) >= 11 is 5.93. The van der Waals surface area contributed by atoms with Crippen LogP contribution >= 0.6 is 11.6 Å². The van der Waals surface area contributed by atoms with Crippen molar-refractivity contribution >= 4 is 23.3 Å². The van der Waals surface area contributed by atoms with Gasteiger partial charge in [-0.2, -0.15) is 0 Å². The number of hydrogen-bond acceptors (Lipinski definition) is 4. The third-order valence-electron chi connectivity index (χ3n) is 3.63. The number of nitrogens with zero attached hydrogens (tertiary/aromatic N) is 2. The second-order valence-electron chi connectivity index (χ2n) is 5.62. The number of hydrogen-bond donors (Lipinski definition) is 2. The summed E-state index contributed by atoms with van der Waals surface area (Å²) in [4.78, 5) is 18.4. The number of amides is 1. The van der Waals surface area contributed by atoms with E-state index in [1.165, 1.54) is 0 Å². The van der Waals surface area contributed by atoms with Crippen molar-refractivity contribution in [1.82, 2.24) is 9.88 Å². The third kappa shape index (κ3) is 3.04. The quantitative estimate of drug-likeness (QED) is 0.839. The Labute approximate surface area is 123 Å². The number of aromatic nitrogens is 1. The summed E-state index contributed by atoms with van der Waals surface area (Å²) in [7, 11) is 1.72. The number of anilines is 1. The van der Waals surface area contributed by atoms with E-state index in [1.54, 1.807) is 37.9 Å². The van der Waals surface area contributed by atoms with E-state index in [2.05, 4.69) is 10.3 Å². The standard InChI is InChI=1S/C14H20ClN3O2/c1-14(2,20)10-5-4-6-18(10)13(19)9-7-11(15)17-12(8-9)16-3/h7-8,10,20H,4-6H2,1-3H3,(H,16,17). The van der Waals surface area contributed by atoms with Crippen molar-refractivity contribution in [3.63, 3.8) is 0 Å². The summed E-state index contributed by atoms with van der Waals surface area (Å²) in [6.45, 7) is 4.13. The monoisotopic (exact) mass is 297 g/mol. The van der Waals surface area contributed by atoms with Crippen LogP contribution in [0.4, 0.5) is 5.82 Å². The highest BCUT2D eigenvalue weighted by atomic mass is 35.5. The van der Waals surface area contributed by atoms with E-state index in [1.807, 2.05) is 0 Å². The zero-order valence-electron chi connectivity index (χ0n) is 12.0. The molecule has 1 fully saturated rings. The molecule has 0 aliphatic carbocycles. The van der Waals surface area contributed by atoms with E-state index >= 15 is 0 Å². The maximum absolute atomic E-state index is 12.6. The lowest BCUT2D eigenvalue weighted by molar-refractivity contribution is 0.000337. The molecule has 2 heterocycles. The smallest absolute Gasteiger partial charge is 0.254 e. The van der Waals surface area contributed by atoms with Crippen LogP contribution < -0.4 is 5.32 Å². The Morgan fingerprint density at radius 3 is 2.85 bits per heavy atom. The van der Waals surface area contributed by atoms with Gasteiger partial charge in [0.15, 0.2) is 0 Å². The molecule has 5 nitrogen and oxygen atoms in total. The predicted octanol–water partition coefficient (Wildman–Crippen LogP) is 2.15. The molecule has 0 radical (unpaired) electrons. The highest BCUT2D eigenvalue weighted by molar-refractivity contribution is 6.29. The molecule has 1 aliphatic heterocycles. The Kier molecular flexibility index (Phi) is 4.20. The Hall–Kier alpha value is -1.33. The number of carbonyl (C=O) groups excluding carboxylic acids is 1. The zero-order chi connectivity index (χ0) is 14.9. The molecule has 110 valence electrons. The summed E-state index contributed by atoms with van der Waals surface area (Å²) in [5, 5.41) is 13.4. The SMILES string of the molecule is CNc1cc(C(=O)N2CCCC2C(C)(C)O)cc(Cl)n1. The van der Waals surface area contributed by atoms with Gasteiger partial charge in [0, 0.05) is 19.2 Å². The minimum Gasteiger partial charge on any atom is -0.388 e. The fraction of sp³-hybridized carbons (Fsp3) is 0.571. The molecular formula is C14H20ClN3O2. The van der Waals surface area contributed by atoms with Crippen LogP contribution in [0.2, 0.25) is 5.15 Å². The van der Waals surface area contributed by atoms with Gasteiger partial charge in [-0.1, -0.05) is 11.6 Å². The number of pyridine rings is 1. The summed E-state index contributed by atoms with van der Waals surface area (Å²) < 4.78 is 0. The molecule has 0 saturated carbocycles. The van der Waals surface area contributed by atoms with Crippen LogP contribution in [0.3, 0.4) is 0 Å².